The highest BCUT2D eigenvalue weighted by Gasteiger charge is 2.31. The van der Waals surface area contributed by atoms with Crippen molar-refractivity contribution in [3.63, 3.8) is 0 Å². The first-order chi connectivity index (χ1) is 9.95. The Balaban J connectivity index is 1.92. The van der Waals surface area contributed by atoms with Crippen molar-refractivity contribution in [2.24, 2.45) is 0 Å². The fraction of sp³-hybridized carbons (Fsp3) is 0.714. The van der Waals surface area contributed by atoms with Crippen LogP contribution in [-0.2, 0) is 21.2 Å². The largest absolute Gasteiger partial charge is 0.374 e. The molecule has 1 aliphatic heterocycles. The van der Waals surface area contributed by atoms with Crippen molar-refractivity contribution in [3.05, 3.63) is 17.0 Å². The molecule has 5 nitrogen and oxygen atoms in total. The van der Waals surface area contributed by atoms with E-state index < -0.39 is 10.0 Å². The predicted molar refractivity (Wildman–Crippen MR) is 85.3 cm³/mol. The summed E-state index contributed by atoms with van der Waals surface area (Å²) in [7, 11) is -3.43. The molecule has 1 aromatic heterocycles. The highest BCUT2D eigenvalue weighted by Crippen LogP contribution is 2.26. The molecule has 0 spiro atoms. The molecular weight excluding hydrogens is 308 g/mol. The topological polar surface area (TPSA) is 67.4 Å². The number of ether oxygens (including phenoxy) is 1. The first kappa shape index (κ1) is 16.9. The minimum absolute atomic E-state index is 0.333. The summed E-state index contributed by atoms with van der Waals surface area (Å²) in [5.74, 6) is 0. The Kier molecular flexibility index (Phi) is 5.79. The smallest absolute Gasteiger partial charge is 0.250 e. The molecule has 21 heavy (non-hydrogen) atoms. The maximum atomic E-state index is 12.3. The molecule has 0 amide bonds. The van der Waals surface area contributed by atoms with Gasteiger partial charge in [0.05, 0.1) is 5.60 Å². The molecule has 0 bridgehead atoms. The highest BCUT2D eigenvalue weighted by atomic mass is 32.2. The van der Waals surface area contributed by atoms with Gasteiger partial charge < -0.3 is 10.1 Å². The fourth-order valence-corrected chi connectivity index (χ4v) is 4.88. The summed E-state index contributed by atoms with van der Waals surface area (Å²) >= 11 is 1.34. The maximum absolute atomic E-state index is 12.3. The molecule has 1 saturated heterocycles. The molecular formula is C14H24N2O3S2. The maximum Gasteiger partial charge on any atom is 0.250 e. The summed E-state index contributed by atoms with van der Waals surface area (Å²) < 4.78 is 33.3. The Hall–Kier alpha value is -0.470. The van der Waals surface area contributed by atoms with Gasteiger partial charge in [0.25, 0.3) is 0 Å². The number of likely N-dealkylation sites (N-methyl/N-ethyl adjacent to an activating group) is 1. The zero-order valence-electron chi connectivity index (χ0n) is 12.6. The SMILES string of the molecule is CCNCCc1ccc(S(=O)(=O)NCC2(C)CCCO2)s1. The van der Waals surface area contributed by atoms with E-state index in [2.05, 4.69) is 17.0 Å². The van der Waals surface area contributed by atoms with Crippen LogP contribution in [0.3, 0.4) is 0 Å². The Morgan fingerprint density at radius 3 is 2.90 bits per heavy atom. The average Bonchev–Trinajstić information content (AvgIpc) is 3.07. The molecule has 0 aromatic carbocycles. The summed E-state index contributed by atoms with van der Waals surface area (Å²) in [4.78, 5) is 1.08. The molecule has 1 aromatic rings. The molecule has 0 aliphatic carbocycles. The van der Waals surface area contributed by atoms with E-state index in [-0.39, 0.29) is 5.60 Å². The normalized spacial score (nSPS) is 22.8. The van der Waals surface area contributed by atoms with Gasteiger partial charge >= 0.3 is 0 Å². The number of rotatable bonds is 8. The lowest BCUT2D eigenvalue weighted by Gasteiger charge is -2.22. The molecule has 120 valence electrons. The van der Waals surface area contributed by atoms with Crippen molar-refractivity contribution >= 4 is 21.4 Å². The highest BCUT2D eigenvalue weighted by molar-refractivity contribution is 7.91. The van der Waals surface area contributed by atoms with Gasteiger partial charge in [-0.25, -0.2) is 13.1 Å². The van der Waals surface area contributed by atoms with Crippen LogP contribution in [0.4, 0.5) is 0 Å². The molecule has 1 unspecified atom stereocenters. The molecule has 2 heterocycles. The second-order valence-corrected chi connectivity index (χ2v) is 8.71. The molecule has 0 radical (unpaired) electrons. The van der Waals surface area contributed by atoms with Crippen LogP contribution < -0.4 is 10.0 Å². The third kappa shape index (κ3) is 4.75. The first-order valence-electron chi connectivity index (χ1n) is 7.38. The van der Waals surface area contributed by atoms with Gasteiger partial charge in [-0.15, -0.1) is 11.3 Å². The lowest BCUT2D eigenvalue weighted by atomic mass is 10.0. The van der Waals surface area contributed by atoms with E-state index in [0.29, 0.717) is 17.4 Å². The van der Waals surface area contributed by atoms with Crippen LogP contribution in [0.15, 0.2) is 16.3 Å². The third-order valence-electron chi connectivity index (χ3n) is 3.64. The monoisotopic (exact) mass is 332 g/mol. The Morgan fingerprint density at radius 2 is 2.24 bits per heavy atom. The molecule has 7 heteroatoms. The summed E-state index contributed by atoms with van der Waals surface area (Å²) in [6.07, 6.45) is 2.74. The lowest BCUT2D eigenvalue weighted by molar-refractivity contribution is 0.0250. The number of hydrogen-bond acceptors (Lipinski definition) is 5. The summed E-state index contributed by atoms with van der Waals surface area (Å²) in [5.41, 5.74) is -0.363. The third-order valence-corrected chi connectivity index (χ3v) is 6.67. The van der Waals surface area contributed by atoms with E-state index in [1.807, 2.05) is 13.0 Å². The predicted octanol–water partition coefficient (Wildman–Crippen LogP) is 1.75. The molecule has 1 fully saturated rings. The first-order valence-corrected chi connectivity index (χ1v) is 9.68. The standard InChI is InChI=1S/C14H24N2O3S2/c1-3-15-9-7-12-5-6-13(20-12)21(17,18)16-11-14(2)8-4-10-19-14/h5-6,15-16H,3-4,7-11H2,1-2H3. The van der Waals surface area contributed by atoms with Crippen molar-refractivity contribution in [2.45, 2.75) is 42.9 Å². The van der Waals surface area contributed by atoms with E-state index in [4.69, 9.17) is 4.74 Å². The van der Waals surface area contributed by atoms with Gasteiger partial charge in [0.1, 0.15) is 4.21 Å². The lowest BCUT2D eigenvalue weighted by Crippen LogP contribution is -2.39. The van der Waals surface area contributed by atoms with E-state index in [0.717, 1.165) is 37.2 Å². The molecule has 1 aliphatic rings. The van der Waals surface area contributed by atoms with Crippen LogP contribution in [0.25, 0.3) is 0 Å². The minimum atomic E-state index is -3.43. The Labute approximate surface area is 131 Å². The van der Waals surface area contributed by atoms with Crippen molar-refractivity contribution in [1.82, 2.24) is 10.0 Å². The van der Waals surface area contributed by atoms with Gasteiger partial charge in [-0.05, 0) is 51.4 Å². The van der Waals surface area contributed by atoms with Gasteiger partial charge in [0.15, 0.2) is 0 Å². The summed E-state index contributed by atoms with van der Waals surface area (Å²) in [6, 6.07) is 3.58. The Bertz CT molecular complexity index is 548. The average molecular weight is 332 g/mol. The van der Waals surface area contributed by atoms with Crippen LogP contribution in [0.1, 0.15) is 31.6 Å². The fourth-order valence-electron chi connectivity index (χ4n) is 2.32. The van der Waals surface area contributed by atoms with Crippen molar-refractivity contribution < 1.29 is 13.2 Å². The van der Waals surface area contributed by atoms with Crippen LogP contribution >= 0.6 is 11.3 Å². The zero-order valence-corrected chi connectivity index (χ0v) is 14.3. The summed E-state index contributed by atoms with van der Waals surface area (Å²) in [5, 5.41) is 3.24. The molecule has 2 rings (SSSR count). The van der Waals surface area contributed by atoms with E-state index >= 15 is 0 Å². The second-order valence-electron chi connectivity index (χ2n) is 5.55. The van der Waals surface area contributed by atoms with Crippen LogP contribution in [0, 0.1) is 0 Å². The number of thiophene rings is 1. The zero-order chi connectivity index (χ0) is 15.3. The van der Waals surface area contributed by atoms with Gasteiger partial charge in [-0.1, -0.05) is 6.92 Å². The minimum Gasteiger partial charge on any atom is -0.374 e. The van der Waals surface area contributed by atoms with Gasteiger partial charge in [0.2, 0.25) is 10.0 Å². The quantitative estimate of drug-likeness (QED) is 0.712. The Morgan fingerprint density at radius 1 is 1.43 bits per heavy atom. The summed E-state index contributed by atoms with van der Waals surface area (Å²) in [6.45, 7) is 6.86. The molecule has 1 atom stereocenters. The van der Waals surface area contributed by atoms with E-state index in [9.17, 15) is 8.42 Å². The van der Waals surface area contributed by atoms with E-state index in [1.54, 1.807) is 6.07 Å². The van der Waals surface area contributed by atoms with Crippen molar-refractivity contribution in [3.8, 4) is 0 Å². The van der Waals surface area contributed by atoms with Crippen LogP contribution in [0.2, 0.25) is 0 Å². The van der Waals surface area contributed by atoms with Gasteiger partial charge in [-0.2, -0.15) is 0 Å². The molecule has 2 N–H and O–H groups in total. The van der Waals surface area contributed by atoms with Gasteiger partial charge in [0, 0.05) is 18.0 Å². The second kappa shape index (κ2) is 7.19. The van der Waals surface area contributed by atoms with Crippen molar-refractivity contribution in [1.29, 1.82) is 0 Å². The van der Waals surface area contributed by atoms with Crippen LogP contribution in [-0.4, -0.2) is 40.3 Å². The molecule has 0 saturated carbocycles. The number of hydrogen-bond donors (Lipinski definition) is 2. The van der Waals surface area contributed by atoms with Gasteiger partial charge in [-0.3, -0.25) is 0 Å². The van der Waals surface area contributed by atoms with Crippen LogP contribution in [0.5, 0.6) is 0 Å². The number of nitrogens with one attached hydrogen (secondary N) is 2. The van der Waals surface area contributed by atoms with Crippen molar-refractivity contribution in [2.75, 3.05) is 26.2 Å². The number of sulfonamides is 1. The van der Waals surface area contributed by atoms with E-state index in [1.165, 1.54) is 11.3 Å².